The van der Waals surface area contributed by atoms with Crippen molar-refractivity contribution in [2.45, 2.75) is 12.8 Å². The lowest BCUT2D eigenvalue weighted by atomic mass is 10.1. The van der Waals surface area contributed by atoms with Gasteiger partial charge in [-0.2, -0.15) is 0 Å². The molecule has 2 aromatic carbocycles. The molecule has 0 saturated heterocycles. The van der Waals surface area contributed by atoms with Crippen LogP contribution in [0.15, 0.2) is 42.5 Å². The highest BCUT2D eigenvalue weighted by molar-refractivity contribution is 5.95. The highest BCUT2D eigenvalue weighted by Gasteiger charge is 2.06. The molecule has 0 fully saturated rings. The van der Waals surface area contributed by atoms with Crippen molar-refractivity contribution >= 4 is 5.78 Å². The first-order valence-electron chi connectivity index (χ1n) is 6.42. The van der Waals surface area contributed by atoms with Gasteiger partial charge in [-0.15, -0.1) is 0 Å². The SMILES string of the molecule is O=C(CCCOc1cc(F)cc(F)c1)c1ccc(F)cc1. The van der Waals surface area contributed by atoms with E-state index in [1.54, 1.807) is 0 Å². The lowest BCUT2D eigenvalue weighted by molar-refractivity contribution is 0.0973. The third-order valence-corrected chi connectivity index (χ3v) is 2.82. The number of ether oxygens (including phenoxy) is 1. The highest BCUT2D eigenvalue weighted by Crippen LogP contribution is 2.16. The summed E-state index contributed by atoms with van der Waals surface area (Å²) in [7, 11) is 0. The van der Waals surface area contributed by atoms with Crippen molar-refractivity contribution < 1.29 is 22.7 Å². The summed E-state index contributed by atoms with van der Waals surface area (Å²) in [6, 6.07) is 8.18. The Hall–Kier alpha value is -2.30. The predicted molar refractivity (Wildman–Crippen MR) is 71.8 cm³/mol. The van der Waals surface area contributed by atoms with Crippen LogP contribution < -0.4 is 4.74 Å². The number of halogens is 3. The largest absolute Gasteiger partial charge is 0.493 e. The first kappa shape index (κ1) is 15.1. The number of carbonyl (C=O) groups is 1. The van der Waals surface area contributed by atoms with Crippen molar-refractivity contribution in [3.63, 3.8) is 0 Å². The number of hydrogen-bond acceptors (Lipinski definition) is 2. The van der Waals surface area contributed by atoms with Crippen molar-refractivity contribution in [3.05, 3.63) is 65.5 Å². The summed E-state index contributed by atoms with van der Waals surface area (Å²) in [5.41, 5.74) is 0.424. The van der Waals surface area contributed by atoms with Crippen LogP contribution in [-0.2, 0) is 0 Å². The fraction of sp³-hybridized carbons (Fsp3) is 0.188. The Kier molecular flexibility index (Phi) is 4.98. The van der Waals surface area contributed by atoms with Gasteiger partial charge >= 0.3 is 0 Å². The van der Waals surface area contributed by atoms with E-state index in [2.05, 4.69) is 0 Å². The van der Waals surface area contributed by atoms with Crippen LogP contribution in [0, 0.1) is 17.5 Å². The zero-order valence-electron chi connectivity index (χ0n) is 11.1. The van der Waals surface area contributed by atoms with Gasteiger partial charge in [0.05, 0.1) is 6.61 Å². The quantitative estimate of drug-likeness (QED) is 0.591. The first-order valence-corrected chi connectivity index (χ1v) is 6.42. The van der Waals surface area contributed by atoms with E-state index >= 15 is 0 Å². The second-order valence-corrected chi connectivity index (χ2v) is 4.49. The third-order valence-electron chi connectivity index (χ3n) is 2.82. The minimum absolute atomic E-state index is 0.0849. The Morgan fingerprint density at radius 1 is 0.905 bits per heavy atom. The number of ketones is 1. The maximum atomic E-state index is 12.9. The molecule has 0 radical (unpaired) electrons. The number of hydrogen-bond donors (Lipinski definition) is 0. The Labute approximate surface area is 120 Å². The van der Waals surface area contributed by atoms with Gasteiger partial charge in [-0.05, 0) is 30.7 Å². The summed E-state index contributed by atoms with van der Waals surface area (Å²) in [6.45, 7) is 0.163. The highest BCUT2D eigenvalue weighted by atomic mass is 19.1. The topological polar surface area (TPSA) is 26.3 Å². The van der Waals surface area contributed by atoms with E-state index in [9.17, 15) is 18.0 Å². The van der Waals surface area contributed by atoms with E-state index in [4.69, 9.17) is 4.74 Å². The summed E-state index contributed by atoms with van der Waals surface area (Å²) in [5, 5.41) is 0. The van der Waals surface area contributed by atoms with Gasteiger partial charge in [-0.25, -0.2) is 13.2 Å². The van der Waals surface area contributed by atoms with Crippen LogP contribution in [-0.4, -0.2) is 12.4 Å². The Morgan fingerprint density at radius 3 is 2.14 bits per heavy atom. The van der Waals surface area contributed by atoms with Crippen molar-refractivity contribution in [1.29, 1.82) is 0 Å². The molecule has 0 unspecified atom stereocenters. The predicted octanol–water partition coefficient (Wildman–Crippen LogP) is 4.15. The van der Waals surface area contributed by atoms with Crippen molar-refractivity contribution in [1.82, 2.24) is 0 Å². The molecule has 0 atom stereocenters. The zero-order valence-corrected chi connectivity index (χ0v) is 11.1. The normalized spacial score (nSPS) is 10.4. The fourth-order valence-corrected chi connectivity index (χ4v) is 1.81. The molecule has 0 aliphatic rings. The molecular formula is C16H13F3O2. The van der Waals surface area contributed by atoms with E-state index in [1.807, 2.05) is 0 Å². The van der Waals surface area contributed by atoms with Crippen LogP contribution in [0.5, 0.6) is 5.75 Å². The molecule has 110 valence electrons. The zero-order chi connectivity index (χ0) is 15.2. The van der Waals surface area contributed by atoms with Crippen molar-refractivity contribution in [2.24, 2.45) is 0 Å². The standard InChI is InChI=1S/C16H13F3O2/c17-12-5-3-11(4-6-12)16(20)2-1-7-21-15-9-13(18)8-14(19)10-15/h3-6,8-10H,1-2,7H2. The molecule has 2 nitrogen and oxygen atoms in total. The summed E-state index contributed by atoms with van der Waals surface area (Å²) < 4.78 is 43.7. The molecule has 0 aliphatic carbocycles. The van der Waals surface area contributed by atoms with Gasteiger partial charge in [-0.1, -0.05) is 0 Å². The molecule has 0 aromatic heterocycles. The lowest BCUT2D eigenvalue weighted by Gasteiger charge is -2.06. The molecule has 0 amide bonds. The van der Waals surface area contributed by atoms with Crippen LogP contribution in [0.4, 0.5) is 13.2 Å². The molecule has 0 aliphatic heterocycles. The molecule has 0 heterocycles. The first-order chi connectivity index (χ1) is 10.0. The minimum Gasteiger partial charge on any atom is -0.493 e. The van der Waals surface area contributed by atoms with E-state index < -0.39 is 17.5 Å². The van der Waals surface area contributed by atoms with E-state index in [1.165, 1.54) is 24.3 Å². The number of benzene rings is 2. The van der Waals surface area contributed by atoms with Crippen LogP contribution in [0.25, 0.3) is 0 Å². The van der Waals surface area contributed by atoms with Crippen molar-refractivity contribution in [3.8, 4) is 5.75 Å². The van der Waals surface area contributed by atoms with Gasteiger partial charge in [0.2, 0.25) is 0 Å². The molecule has 0 N–H and O–H groups in total. The average molecular weight is 294 g/mol. The van der Waals surface area contributed by atoms with Crippen LogP contribution in [0.3, 0.4) is 0 Å². The van der Waals surface area contributed by atoms with E-state index in [0.717, 1.165) is 18.2 Å². The van der Waals surface area contributed by atoms with Gasteiger partial charge < -0.3 is 4.74 Å². The fourth-order valence-electron chi connectivity index (χ4n) is 1.81. The lowest BCUT2D eigenvalue weighted by Crippen LogP contribution is -2.04. The van der Waals surface area contributed by atoms with Gasteiger partial charge in [0.25, 0.3) is 0 Å². The van der Waals surface area contributed by atoms with Gasteiger partial charge in [0.15, 0.2) is 5.78 Å². The molecular weight excluding hydrogens is 281 g/mol. The number of carbonyl (C=O) groups excluding carboxylic acids is 1. The van der Waals surface area contributed by atoms with Gasteiger partial charge in [-0.3, -0.25) is 4.79 Å². The summed E-state index contributed by atoms with van der Waals surface area (Å²) in [5.74, 6) is -1.88. The molecule has 5 heteroatoms. The van der Waals surface area contributed by atoms with Crippen LogP contribution in [0.1, 0.15) is 23.2 Å². The van der Waals surface area contributed by atoms with Gasteiger partial charge in [0, 0.05) is 30.2 Å². The van der Waals surface area contributed by atoms with Crippen LogP contribution in [0.2, 0.25) is 0 Å². The van der Waals surface area contributed by atoms with E-state index in [0.29, 0.717) is 12.0 Å². The third kappa shape index (κ3) is 4.63. The number of Topliss-reactive ketones (excluding diaryl/α,β-unsaturated/α-hetero) is 1. The van der Waals surface area contributed by atoms with Gasteiger partial charge in [0.1, 0.15) is 23.2 Å². The molecule has 21 heavy (non-hydrogen) atoms. The summed E-state index contributed by atoms with van der Waals surface area (Å²) in [4.78, 5) is 11.8. The molecule has 0 spiro atoms. The van der Waals surface area contributed by atoms with Crippen molar-refractivity contribution in [2.75, 3.05) is 6.61 Å². The molecule has 0 saturated carbocycles. The monoisotopic (exact) mass is 294 g/mol. The number of rotatable bonds is 6. The summed E-state index contributed by atoms with van der Waals surface area (Å²) >= 11 is 0. The maximum absolute atomic E-state index is 12.9. The smallest absolute Gasteiger partial charge is 0.163 e. The Morgan fingerprint density at radius 2 is 1.52 bits per heavy atom. The molecule has 2 aromatic rings. The maximum Gasteiger partial charge on any atom is 0.163 e. The Balaban J connectivity index is 1.79. The second kappa shape index (κ2) is 6.92. The van der Waals surface area contributed by atoms with Crippen LogP contribution >= 0.6 is 0 Å². The average Bonchev–Trinajstić information content (AvgIpc) is 2.43. The summed E-state index contributed by atoms with van der Waals surface area (Å²) in [6.07, 6.45) is 0.609. The van der Waals surface area contributed by atoms with E-state index in [-0.39, 0.29) is 24.6 Å². The molecule has 2 rings (SSSR count). The second-order valence-electron chi connectivity index (χ2n) is 4.49. The Bertz CT molecular complexity index is 604. The molecule has 0 bridgehead atoms. The minimum atomic E-state index is -0.715.